The Kier molecular flexibility index (Phi) is 8.35. The lowest BCUT2D eigenvalue weighted by Gasteiger charge is -2.25. The van der Waals surface area contributed by atoms with E-state index in [1.54, 1.807) is 23.4 Å². The van der Waals surface area contributed by atoms with Gasteiger partial charge in [-0.2, -0.15) is 0 Å². The number of carbonyl (C=O) groups is 2. The second-order valence-corrected chi connectivity index (χ2v) is 10.7. The molecule has 2 aromatic carbocycles. The van der Waals surface area contributed by atoms with Crippen LogP contribution in [0.15, 0.2) is 73.1 Å². The van der Waals surface area contributed by atoms with Gasteiger partial charge < -0.3 is 15.1 Å². The number of nitrogens with one attached hydrogen (secondary N) is 1. The van der Waals surface area contributed by atoms with E-state index >= 15 is 0 Å². The molecule has 2 saturated heterocycles. The number of rotatable bonds is 9. The number of likely N-dealkylation sites (tertiary alicyclic amines) is 2. The predicted octanol–water partition coefficient (Wildman–Crippen LogP) is 4.76. The standard InChI is InChI=1S/C30H32ClFN4O2/c31-25-9-4-10-26(32)29(25)30(38)36-19-23-17-35(18-24(23)20-36)15-13-27(22-7-2-1-3-8-22)34-28(37)12-11-21-6-5-14-33-16-21/h1-10,14,16,23-24,27H,11-13,15,17-20H2,(H,34,37)/t23-,24?,27?/m0/s1. The summed E-state index contributed by atoms with van der Waals surface area (Å²) in [6.07, 6.45) is 5.40. The van der Waals surface area contributed by atoms with Gasteiger partial charge in [-0.25, -0.2) is 4.39 Å². The Morgan fingerprint density at radius 3 is 2.45 bits per heavy atom. The number of carbonyl (C=O) groups excluding carboxylic acids is 2. The maximum absolute atomic E-state index is 14.3. The summed E-state index contributed by atoms with van der Waals surface area (Å²) in [6.45, 7) is 3.84. The molecule has 3 aromatic rings. The Labute approximate surface area is 227 Å². The number of nitrogens with zero attached hydrogens (tertiary/aromatic N) is 3. The van der Waals surface area contributed by atoms with Gasteiger partial charge in [-0.3, -0.25) is 14.6 Å². The number of aromatic nitrogens is 1. The fourth-order valence-corrected chi connectivity index (χ4v) is 5.93. The van der Waals surface area contributed by atoms with Gasteiger partial charge in [0, 0.05) is 51.5 Å². The molecule has 5 rings (SSSR count). The maximum atomic E-state index is 14.3. The number of fused-ring (bicyclic) bond motifs is 1. The minimum Gasteiger partial charge on any atom is -0.349 e. The van der Waals surface area contributed by atoms with E-state index in [9.17, 15) is 14.0 Å². The van der Waals surface area contributed by atoms with Gasteiger partial charge >= 0.3 is 0 Å². The van der Waals surface area contributed by atoms with Gasteiger partial charge in [0.2, 0.25) is 5.91 Å². The third-order valence-electron chi connectivity index (χ3n) is 7.66. The van der Waals surface area contributed by atoms with Crippen molar-refractivity contribution in [2.75, 3.05) is 32.7 Å². The highest BCUT2D eigenvalue weighted by Crippen LogP contribution is 2.33. The number of hydrogen-bond donors (Lipinski definition) is 1. The minimum atomic E-state index is -0.573. The van der Waals surface area contributed by atoms with E-state index in [0.29, 0.717) is 37.8 Å². The molecule has 2 fully saturated rings. The fourth-order valence-electron chi connectivity index (χ4n) is 5.69. The van der Waals surface area contributed by atoms with Crippen molar-refractivity contribution in [1.29, 1.82) is 0 Å². The molecule has 0 aliphatic carbocycles. The van der Waals surface area contributed by atoms with Gasteiger partial charge in [-0.15, -0.1) is 0 Å². The lowest BCUT2D eigenvalue weighted by molar-refractivity contribution is -0.121. The Bertz CT molecular complexity index is 1230. The van der Waals surface area contributed by atoms with Crippen LogP contribution in [0.4, 0.5) is 4.39 Å². The quantitative estimate of drug-likeness (QED) is 0.430. The van der Waals surface area contributed by atoms with Crippen molar-refractivity contribution in [2.45, 2.75) is 25.3 Å². The zero-order chi connectivity index (χ0) is 26.5. The maximum Gasteiger partial charge on any atom is 0.258 e. The monoisotopic (exact) mass is 534 g/mol. The number of hydrogen-bond acceptors (Lipinski definition) is 4. The summed E-state index contributed by atoms with van der Waals surface area (Å²) in [4.78, 5) is 34.1. The van der Waals surface area contributed by atoms with Crippen LogP contribution in [0.25, 0.3) is 0 Å². The Morgan fingerprint density at radius 2 is 1.76 bits per heavy atom. The second kappa shape index (κ2) is 12.0. The number of amides is 2. The first-order valence-electron chi connectivity index (χ1n) is 13.2. The van der Waals surface area contributed by atoms with Crippen LogP contribution in [0, 0.1) is 17.7 Å². The van der Waals surface area contributed by atoms with Crippen LogP contribution in [0.3, 0.4) is 0 Å². The molecule has 2 unspecified atom stereocenters. The van der Waals surface area contributed by atoms with Crippen LogP contribution < -0.4 is 5.32 Å². The van der Waals surface area contributed by atoms with E-state index in [1.807, 2.05) is 30.3 Å². The first-order valence-corrected chi connectivity index (χ1v) is 13.5. The zero-order valence-corrected chi connectivity index (χ0v) is 22.0. The largest absolute Gasteiger partial charge is 0.349 e. The van der Waals surface area contributed by atoms with E-state index in [0.717, 1.165) is 37.2 Å². The van der Waals surface area contributed by atoms with Crippen molar-refractivity contribution >= 4 is 23.4 Å². The molecule has 1 N–H and O–H groups in total. The number of benzene rings is 2. The van der Waals surface area contributed by atoms with Crippen LogP contribution in [0.1, 0.15) is 40.4 Å². The first-order chi connectivity index (χ1) is 18.5. The molecule has 0 saturated carbocycles. The van der Waals surface area contributed by atoms with Gasteiger partial charge in [-0.1, -0.05) is 54.1 Å². The topological polar surface area (TPSA) is 65.5 Å². The summed E-state index contributed by atoms with van der Waals surface area (Å²) < 4.78 is 14.3. The van der Waals surface area contributed by atoms with Crippen molar-refractivity contribution < 1.29 is 14.0 Å². The lowest BCUT2D eigenvalue weighted by atomic mass is 10.0. The van der Waals surface area contributed by atoms with E-state index in [2.05, 4.69) is 27.3 Å². The average Bonchev–Trinajstić information content (AvgIpc) is 3.50. The molecule has 0 spiro atoms. The molecule has 38 heavy (non-hydrogen) atoms. The molecule has 2 aliphatic rings. The Morgan fingerprint density at radius 1 is 1.00 bits per heavy atom. The summed E-state index contributed by atoms with van der Waals surface area (Å²) in [5.74, 6) is -0.160. The summed E-state index contributed by atoms with van der Waals surface area (Å²) in [7, 11) is 0. The number of aryl methyl sites for hydroxylation is 1. The van der Waals surface area contributed by atoms with Crippen LogP contribution in [-0.4, -0.2) is 59.3 Å². The molecule has 0 bridgehead atoms. The van der Waals surface area contributed by atoms with E-state index in [4.69, 9.17) is 11.6 Å². The third-order valence-corrected chi connectivity index (χ3v) is 7.98. The van der Waals surface area contributed by atoms with Crippen molar-refractivity contribution in [3.8, 4) is 0 Å². The van der Waals surface area contributed by atoms with Gasteiger partial charge in [0.1, 0.15) is 5.82 Å². The summed E-state index contributed by atoms with van der Waals surface area (Å²) in [5, 5.41) is 3.40. The van der Waals surface area contributed by atoms with Crippen LogP contribution in [0.2, 0.25) is 5.02 Å². The molecule has 0 radical (unpaired) electrons. The molecule has 8 heteroatoms. The normalized spacial score (nSPS) is 19.8. The van der Waals surface area contributed by atoms with Crippen LogP contribution in [0.5, 0.6) is 0 Å². The molecule has 3 heterocycles. The number of pyridine rings is 1. The van der Waals surface area contributed by atoms with Crippen molar-refractivity contribution in [3.63, 3.8) is 0 Å². The van der Waals surface area contributed by atoms with Crippen molar-refractivity contribution in [3.05, 3.63) is 101 Å². The molecular weight excluding hydrogens is 503 g/mol. The van der Waals surface area contributed by atoms with E-state index in [1.165, 1.54) is 12.1 Å². The second-order valence-electron chi connectivity index (χ2n) is 10.3. The SMILES string of the molecule is O=C(CCc1cccnc1)NC(CCN1CC2CN(C(=O)c3c(F)cccc3Cl)C[C@@H]2C1)c1ccccc1. The number of halogens is 2. The highest BCUT2D eigenvalue weighted by Gasteiger charge is 2.42. The third kappa shape index (κ3) is 6.22. The minimum absolute atomic E-state index is 0.0296. The molecule has 3 atom stereocenters. The van der Waals surface area contributed by atoms with E-state index in [-0.39, 0.29) is 28.4 Å². The van der Waals surface area contributed by atoms with Gasteiger partial charge in [0.25, 0.3) is 5.91 Å². The zero-order valence-electron chi connectivity index (χ0n) is 21.2. The lowest BCUT2D eigenvalue weighted by Crippen LogP contribution is -2.35. The molecule has 2 amide bonds. The molecule has 1 aromatic heterocycles. The smallest absolute Gasteiger partial charge is 0.258 e. The first kappa shape index (κ1) is 26.3. The van der Waals surface area contributed by atoms with E-state index < -0.39 is 5.82 Å². The molecule has 6 nitrogen and oxygen atoms in total. The Balaban J connectivity index is 1.14. The Hall–Kier alpha value is -3.29. The molecule has 2 aliphatic heterocycles. The molecule has 198 valence electrons. The van der Waals surface area contributed by atoms with Gasteiger partial charge in [0.05, 0.1) is 16.6 Å². The van der Waals surface area contributed by atoms with Crippen molar-refractivity contribution in [2.24, 2.45) is 11.8 Å². The van der Waals surface area contributed by atoms with Crippen LogP contribution >= 0.6 is 11.6 Å². The molecular formula is C30H32ClFN4O2. The predicted molar refractivity (Wildman–Crippen MR) is 145 cm³/mol. The van der Waals surface area contributed by atoms with Crippen molar-refractivity contribution in [1.82, 2.24) is 20.1 Å². The summed E-state index contributed by atoms with van der Waals surface area (Å²) in [5.41, 5.74) is 2.11. The van der Waals surface area contributed by atoms with Gasteiger partial charge in [0.15, 0.2) is 0 Å². The fraction of sp³-hybridized carbons (Fsp3) is 0.367. The highest BCUT2D eigenvalue weighted by molar-refractivity contribution is 6.33. The highest BCUT2D eigenvalue weighted by atomic mass is 35.5. The van der Waals surface area contributed by atoms with Crippen LogP contribution in [-0.2, 0) is 11.2 Å². The summed E-state index contributed by atoms with van der Waals surface area (Å²) in [6, 6.07) is 18.2. The summed E-state index contributed by atoms with van der Waals surface area (Å²) >= 11 is 6.13. The average molecular weight is 535 g/mol. The van der Waals surface area contributed by atoms with Gasteiger partial charge in [-0.05, 0) is 54.0 Å².